The molecule has 7 nitrogen and oxygen atoms in total. The van der Waals surface area contributed by atoms with Gasteiger partial charge in [0, 0.05) is 6.07 Å². The molecule has 0 aliphatic rings. The second-order valence-electron chi connectivity index (χ2n) is 6.60. The summed E-state index contributed by atoms with van der Waals surface area (Å²) < 4.78 is 24.3. The van der Waals surface area contributed by atoms with Crippen LogP contribution in [0, 0.1) is 10.1 Å². The number of non-ortho nitro benzene ring substituents is 1. The van der Waals surface area contributed by atoms with Crippen LogP contribution < -0.4 is 18.9 Å². The highest BCUT2D eigenvalue weighted by atomic mass is 17.0. The van der Waals surface area contributed by atoms with Crippen LogP contribution in [0.2, 0.25) is 0 Å². The van der Waals surface area contributed by atoms with E-state index in [-0.39, 0.29) is 11.4 Å². The van der Waals surface area contributed by atoms with Crippen LogP contribution >= 0.6 is 0 Å². The van der Waals surface area contributed by atoms with Gasteiger partial charge in [0.2, 0.25) is 0 Å². The van der Waals surface area contributed by atoms with Crippen molar-refractivity contribution < 1.29 is 23.9 Å². The zero-order chi connectivity index (χ0) is 22.2. The van der Waals surface area contributed by atoms with Crippen molar-refractivity contribution in [2.24, 2.45) is 0 Å². The Hall–Kier alpha value is -4.52. The number of hydrogen-bond donors (Lipinski definition) is 0. The molecule has 0 N–H and O–H groups in total. The molecule has 0 unspecified atom stereocenters. The highest BCUT2D eigenvalue weighted by Crippen LogP contribution is 2.31. The first-order chi connectivity index (χ1) is 15.6. The van der Waals surface area contributed by atoms with E-state index in [9.17, 15) is 10.1 Å². The van der Waals surface area contributed by atoms with Crippen LogP contribution in [0.15, 0.2) is 115 Å². The van der Waals surface area contributed by atoms with E-state index < -0.39 is 11.1 Å². The third-order valence-corrected chi connectivity index (χ3v) is 4.23. The largest absolute Gasteiger partial charge is 0.611 e. The topological polar surface area (TPSA) is 80.1 Å². The zero-order valence-corrected chi connectivity index (χ0v) is 16.9. The molecule has 7 heteroatoms. The predicted octanol–water partition coefficient (Wildman–Crippen LogP) is 5.82. The Labute approximate surface area is 184 Å². The van der Waals surface area contributed by atoms with Crippen LogP contribution in [0.25, 0.3) is 0 Å². The van der Waals surface area contributed by atoms with Crippen LogP contribution in [-0.4, -0.2) is 11.1 Å². The number of nitro benzene ring substituents is 1. The minimum Gasteiger partial charge on any atom is -0.386 e. The first kappa shape index (κ1) is 20.7. The molecule has 4 aromatic rings. The van der Waals surface area contributed by atoms with E-state index in [0.29, 0.717) is 17.2 Å². The van der Waals surface area contributed by atoms with Crippen molar-refractivity contribution in [3.63, 3.8) is 0 Å². The van der Waals surface area contributed by atoms with Gasteiger partial charge in [0.15, 0.2) is 0 Å². The molecule has 0 aromatic heterocycles. The Bertz CT molecular complexity index is 1050. The van der Waals surface area contributed by atoms with Crippen molar-refractivity contribution in [2.75, 3.05) is 0 Å². The molecular formula is C25H19NO6. The molecule has 0 atom stereocenters. The lowest BCUT2D eigenvalue weighted by atomic mass is 10.3. The molecule has 0 saturated heterocycles. The van der Waals surface area contributed by atoms with Crippen molar-refractivity contribution in [3.8, 4) is 23.0 Å². The molecule has 0 saturated carbocycles. The van der Waals surface area contributed by atoms with Gasteiger partial charge < -0.3 is 18.9 Å². The number of benzene rings is 4. The van der Waals surface area contributed by atoms with Gasteiger partial charge in [0.25, 0.3) is 5.69 Å². The summed E-state index contributed by atoms with van der Waals surface area (Å²) in [4.78, 5) is 10.7. The van der Waals surface area contributed by atoms with E-state index in [1.807, 2.05) is 18.2 Å². The van der Waals surface area contributed by atoms with Gasteiger partial charge in [-0.3, -0.25) is 10.1 Å². The summed E-state index contributed by atoms with van der Waals surface area (Å²) in [5.41, 5.74) is -0.143. The fraction of sp³-hybridized carbons (Fsp3) is 0.0400. The molecule has 0 radical (unpaired) electrons. The molecule has 0 spiro atoms. The Morgan fingerprint density at radius 1 is 0.531 bits per heavy atom. The summed E-state index contributed by atoms with van der Waals surface area (Å²) >= 11 is 0. The third kappa shape index (κ3) is 5.34. The average Bonchev–Trinajstić information content (AvgIpc) is 2.81. The van der Waals surface area contributed by atoms with E-state index in [1.54, 1.807) is 78.9 Å². The Balaban J connectivity index is 1.78. The number of rotatable bonds is 9. The maximum atomic E-state index is 11.2. The van der Waals surface area contributed by atoms with Crippen LogP contribution in [0.5, 0.6) is 23.0 Å². The standard InChI is InChI=1S/C25H19NO6/c27-26(28)20-11-10-18-24(19-20)32-25(29-21-12-4-1-5-13-21,30-22-14-6-2-7-15-22)31-23-16-8-3-9-17-23/h1-19H. The molecular weight excluding hydrogens is 410 g/mol. The number of para-hydroxylation sites is 3. The number of hydrogen-bond acceptors (Lipinski definition) is 6. The normalized spacial score (nSPS) is 10.8. The summed E-state index contributed by atoms with van der Waals surface area (Å²) in [5.74, 6) is 1.35. The molecule has 4 aromatic carbocycles. The van der Waals surface area contributed by atoms with Crippen molar-refractivity contribution in [1.29, 1.82) is 0 Å². The molecule has 32 heavy (non-hydrogen) atoms. The van der Waals surface area contributed by atoms with Gasteiger partial charge in [-0.2, -0.15) is 0 Å². The maximum absolute atomic E-state index is 11.2. The monoisotopic (exact) mass is 429 g/mol. The van der Waals surface area contributed by atoms with Crippen molar-refractivity contribution in [2.45, 2.75) is 6.16 Å². The van der Waals surface area contributed by atoms with Gasteiger partial charge in [0.05, 0.1) is 11.0 Å². The van der Waals surface area contributed by atoms with Gasteiger partial charge in [-0.05, 0) is 42.5 Å². The Kier molecular flexibility index (Phi) is 6.17. The number of nitro groups is 1. The fourth-order valence-corrected chi connectivity index (χ4v) is 2.83. The second kappa shape index (κ2) is 9.53. The van der Waals surface area contributed by atoms with Gasteiger partial charge in [0.1, 0.15) is 23.0 Å². The summed E-state index contributed by atoms with van der Waals surface area (Å²) in [7, 11) is 0. The summed E-state index contributed by atoms with van der Waals surface area (Å²) in [5, 5.41) is 11.2. The average molecular weight is 429 g/mol. The zero-order valence-electron chi connectivity index (χ0n) is 16.9. The van der Waals surface area contributed by atoms with E-state index in [4.69, 9.17) is 18.9 Å². The quantitative estimate of drug-likeness (QED) is 0.189. The molecule has 0 aliphatic carbocycles. The maximum Gasteiger partial charge on any atom is 0.611 e. The predicted molar refractivity (Wildman–Crippen MR) is 118 cm³/mol. The van der Waals surface area contributed by atoms with E-state index in [2.05, 4.69) is 0 Å². The Morgan fingerprint density at radius 2 is 0.906 bits per heavy atom. The van der Waals surface area contributed by atoms with Crippen LogP contribution in [0.1, 0.15) is 0 Å². The second-order valence-corrected chi connectivity index (χ2v) is 6.60. The van der Waals surface area contributed by atoms with Gasteiger partial charge in [-0.25, -0.2) is 0 Å². The minimum absolute atomic E-state index is 0.127. The molecule has 160 valence electrons. The molecule has 0 fully saturated rings. The summed E-state index contributed by atoms with van der Waals surface area (Å²) in [6, 6.07) is 32.3. The van der Waals surface area contributed by atoms with Gasteiger partial charge in [-0.1, -0.05) is 60.7 Å². The smallest absolute Gasteiger partial charge is 0.386 e. The first-order valence-electron chi connectivity index (χ1n) is 9.78. The minimum atomic E-state index is -2.13. The van der Waals surface area contributed by atoms with E-state index in [0.717, 1.165) is 0 Å². The third-order valence-electron chi connectivity index (χ3n) is 4.23. The highest BCUT2D eigenvalue weighted by Gasteiger charge is 2.44. The SMILES string of the molecule is O=[N+]([O-])c1cccc(OC(Oc2ccccc2)(Oc2ccccc2)Oc2ccccc2)c1. The number of nitrogens with zero attached hydrogens (tertiary/aromatic N) is 1. The van der Waals surface area contributed by atoms with Crippen LogP contribution in [0.4, 0.5) is 5.69 Å². The lowest BCUT2D eigenvalue weighted by molar-refractivity contribution is -0.385. The first-order valence-corrected chi connectivity index (χ1v) is 9.78. The lowest BCUT2D eigenvalue weighted by Crippen LogP contribution is -2.53. The molecule has 4 rings (SSSR count). The highest BCUT2D eigenvalue weighted by molar-refractivity contribution is 5.38. The summed E-state index contributed by atoms with van der Waals surface area (Å²) in [6.45, 7) is 0. The lowest BCUT2D eigenvalue weighted by Gasteiger charge is -2.32. The van der Waals surface area contributed by atoms with Crippen molar-refractivity contribution in [3.05, 3.63) is 125 Å². The van der Waals surface area contributed by atoms with Crippen LogP contribution in [0.3, 0.4) is 0 Å². The van der Waals surface area contributed by atoms with Gasteiger partial charge >= 0.3 is 6.16 Å². The van der Waals surface area contributed by atoms with Crippen molar-refractivity contribution in [1.82, 2.24) is 0 Å². The van der Waals surface area contributed by atoms with Crippen molar-refractivity contribution >= 4 is 5.69 Å². The van der Waals surface area contributed by atoms with E-state index >= 15 is 0 Å². The Morgan fingerprint density at radius 3 is 1.31 bits per heavy atom. The molecule has 0 bridgehead atoms. The van der Waals surface area contributed by atoms with Crippen LogP contribution in [-0.2, 0) is 0 Å². The number of ether oxygens (including phenoxy) is 4. The fourth-order valence-electron chi connectivity index (χ4n) is 2.83. The molecule has 0 aliphatic heterocycles. The van der Waals surface area contributed by atoms with E-state index in [1.165, 1.54) is 18.2 Å². The molecule has 0 heterocycles. The summed E-state index contributed by atoms with van der Waals surface area (Å²) in [6.07, 6.45) is -2.13. The molecule has 0 amide bonds. The van der Waals surface area contributed by atoms with Gasteiger partial charge in [-0.15, -0.1) is 0 Å².